The molecule has 0 radical (unpaired) electrons. The molecule has 0 aliphatic heterocycles. The summed E-state index contributed by atoms with van der Waals surface area (Å²) in [5.74, 6) is 0. The van der Waals surface area contributed by atoms with E-state index in [1.807, 2.05) is 13.0 Å². The molecule has 0 saturated carbocycles. The summed E-state index contributed by atoms with van der Waals surface area (Å²) in [4.78, 5) is 0.801. The molecule has 16 heavy (non-hydrogen) atoms. The Morgan fingerprint density at radius 3 is 2.44 bits per heavy atom. The van der Waals surface area contributed by atoms with Gasteiger partial charge >= 0.3 is 0 Å². The van der Waals surface area contributed by atoms with E-state index in [4.69, 9.17) is 0 Å². The standard InChI is InChI=1S/C13H14O2S/c1-11-6-5-9-13(10-11)16(14,15)12-7-3-2-4-8-12/h2-4,7-10H,5-6H2,1H3. The van der Waals surface area contributed by atoms with E-state index in [0.29, 0.717) is 9.80 Å². The van der Waals surface area contributed by atoms with E-state index in [1.54, 1.807) is 36.4 Å². The maximum absolute atomic E-state index is 12.2. The van der Waals surface area contributed by atoms with Crippen LogP contribution >= 0.6 is 0 Å². The summed E-state index contributed by atoms with van der Waals surface area (Å²) in [6.07, 6.45) is 5.33. The van der Waals surface area contributed by atoms with Gasteiger partial charge in [-0.3, -0.25) is 0 Å². The monoisotopic (exact) mass is 234 g/mol. The van der Waals surface area contributed by atoms with Crippen LogP contribution in [0.3, 0.4) is 0 Å². The van der Waals surface area contributed by atoms with E-state index in [9.17, 15) is 8.42 Å². The SMILES string of the molecule is CC1=CC(S(=O)(=O)c2ccccc2)=CCC1. The van der Waals surface area contributed by atoms with Crippen LogP contribution in [0.25, 0.3) is 0 Å². The van der Waals surface area contributed by atoms with E-state index < -0.39 is 9.84 Å². The molecule has 0 atom stereocenters. The highest BCUT2D eigenvalue weighted by Crippen LogP contribution is 2.26. The first kappa shape index (κ1) is 11.1. The van der Waals surface area contributed by atoms with Gasteiger partial charge in [-0.1, -0.05) is 29.8 Å². The molecule has 84 valence electrons. The molecule has 2 rings (SSSR count). The normalized spacial score (nSPS) is 16.6. The Kier molecular flexibility index (Phi) is 2.97. The van der Waals surface area contributed by atoms with Crippen molar-refractivity contribution in [2.75, 3.05) is 0 Å². The van der Waals surface area contributed by atoms with Crippen LogP contribution in [0, 0.1) is 0 Å². The fraction of sp³-hybridized carbons (Fsp3) is 0.231. The van der Waals surface area contributed by atoms with Crippen LogP contribution < -0.4 is 0 Å². The van der Waals surface area contributed by atoms with Crippen molar-refractivity contribution in [3.05, 3.63) is 53.0 Å². The van der Waals surface area contributed by atoms with Crippen LogP contribution in [0.2, 0.25) is 0 Å². The lowest BCUT2D eigenvalue weighted by Crippen LogP contribution is -2.05. The van der Waals surface area contributed by atoms with E-state index in [0.717, 1.165) is 18.4 Å². The molecule has 0 amide bonds. The third kappa shape index (κ3) is 2.09. The zero-order valence-electron chi connectivity index (χ0n) is 9.18. The van der Waals surface area contributed by atoms with Crippen molar-refractivity contribution in [1.29, 1.82) is 0 Å². The van der Waals surface area contributed by atoms with Crippen LogP contribution in [-0.2, 0) is 9.84 Å². The molecule has 3 heteroatoms. The predicted octanol–water partition coefficient (Wildman–Crippen LogP) is 3.08. The third-order valence-electron chi connectivity index (χ3n) is 2.64. The highest BCUT2D eigenvalue weighted by atomic mass is 32.2. The lowest BCUT2D eigenvalue weighted by molar-refractivity contribution is 0.602. The Hall–Kier alpha value is -1.35. The Bertz CT molecular complexity index is 537. The van der Waals surface area contributed by atoms with Gasteiger partial charge in [-0.2, -0.15) is 0 Å². The average molecular weight is 234 g/mol. The zero-order chi connectivity index (χ0) is 11.6. The first-order chi connectivity index (χ1) is 7.60. The molecule has 0 heterocycles. The molecule has 0 bridgehead atoms. The van der Waals surface area contributed by atoms with Crippen molar-refractivity contribution in [1.82, 2.24) is 0 Å². The van der Waals surface area contributed by atoms with Gasteiger partial charge in [0.05, 0.1) is 9.80 Å². The summed E-state index contributed by atoms with van der Waals surface area (Å²) < 4.78 is 24.4. The number of hydrogen-bond acceptors (Lipinski definition) is 2. The summed E-state index contributed by atoms with van der Waals surface area (Å²) in [6, 6.07) is 8.57. The highest BCUT2D eigenvalue weighted by Gasteiger charge is 2.19. The van der Waals surface area contributed by atoms with Crippen molar-refractivity contribution >= 4 is 9.84 Å². The second-order valence-corrected chi connectivity index (χ2v) is 5.90. The Morgan fingerprint density at radius 2 is 1.81 bits per heavy atom. The summed E-state index contributed by atoms with van der Waals surface area (Å²) in [7, 11) is -3.31. The van der Waals surface area contributed by atoms with Crippen LogP contribution in [-0.4, -0.2) is 8.42 Å². The molecular formula is C13H14O2S. The van der Waals surface area contributed by atoms with Crippen molar-refractivity contribution in [3.8, 4) is 0 Å². The summed E-state index contributed by atoms with van der Waals surface area (Å²) >= 11 is 0. The molecule has 1 aliphatic carbocycles. The minimum Gasteiger partial charge on any atom is -0.219 e. The first-order valence-electron chi connectivity index (χ1n) is 5.28. The minimum atomic E-state index is -3.31. The fourth-order valence-corrected chi connectivity index (χ4v) is 3.22. The maximum Gasteiger partial charge on any atom is 0.206 e. The number of rotatable bonds is 2. The molecule has 0 fully saturated rings. The van der Waals surface area contributed by atoms with Gasteiger partial charge in [0, 0.05) is 0 Å². The van der Waals surface area contributed by atoms with Crippen LogP contribution in [0.15, 0.2) is 57.9 Å². The summed E-state index contributed by atoms with van der Waals surface area (Å²) in [5.41, 5.74) is 1.12. The zero-order valence-corrected chi connectivity index (χ0v) is 10.00. The molecule has 0 saturated heterocycles. The van der Waals surface area contributed by atoms with Gasteiger partial charge in [0.1, 0.15) is 0 Å². The van der Waals surface area contributed by atoms with Crippen LogP contribution in [0.1, 0.15) is 19.8 Å². The molecule has 0 spiro atoms. The Morgan fingerprint density at radius 1 is 1.12 bits per heavy atom. The molecule has 1 aromatic rings. The first-order valence-corrected chi connectivity index (χ1v) is 6.76. The maximum atomic E-state index is 12.2. The number of hydrogen-bond donors (Lipinski definition) is 0. The Labute approximate surface area is 96.2 Å². The largest absolute Gasteiger partial charge is 0.219 e. The van der Waals surface area contributed by atoms with Gasteiger partial charge in [-0.05, 0) is 38.0 Å². The van der Waals surface area contributed by atoms with Crippen molar-refractivity contribution < 1.29 is 8.42 Å². The van der Waals surface area contributed by atoms with Gasteiger partial charge in [0.15, 0.2) is 0 Å². The molecular weight excluding hydrogens is 220 g/mol. The molecule has 0 N–H and O–H groups in total. The fourth-order valence-electron chi connectivity index (χ4n) is 1.74. The topological polar surface area (TPSA) is 34.1 Å². The molecule has 0 unspecified atom stereocenters. The number of allylic oxidation sites excluding steroid dienone is 3. The van der Waals surface area contributed by atoms with Crippen molar-refractivity contribution in [2.45, 2.75) is 24.7 Å². The van der Waals surface area contributed by atoms with Crippen LogP contribution in [0.4, 0.5) is 0 Å². The smallest absolute Gasteiger partial charge is 0.206 e. The lowest BCUT2D eigenvalue weighted by Gasteiger charge is -2.11. The van der Waals surface area contributed by atoms with Crippen LogP contribution in [0.5, 0.6) is 0 Å². The molecule has 1 aliphatic rings. The summed E-state index contributed by atoms with van der Waals surface area (Å²) in [5, 5.41) is 0. The average Bonchev–Trinajstić information content (AvgIpc) is 2.30. The third-order valence-corrected chi connectivity index (χ3v) is 4.43. The van der Waals surface area contributed by atoms with Gasteiger partial charge in [0.2, 0.25) is 9.84 Å². The second kappa shape index (κ2) is 4.26. The van der Waals surface area contributed by atoms with Crippen molar-refractivity contribution in [3.63, 3.8) is 0 Å². The minimum absolute atomic E-state index is 0.368. The van der Waals surface area contributed by atoms with E-state index in [2.05, 4.69) is 0 Å². The van der Waals surface area contributed by atoms with Crippen molar-refractivity contribution in [2.24, 2.45) is 0 Å². The summed E-state index contributed by atoms with van der Waals surface area (Å²) in [6.45, 7) is 1.97. The Balaban J connectivity index is 2.45. The van der Waals surface area contributed by atoms with E-state index in [-0.39, 0.29) is 0 Å². The van der Waals surface area contributed by atoms with Gasteiger partial charge in [0.25, 0.3) is 0 Å². The number of sulfone groups is 1. The molecule has 0 aromatic heterocycles. The number of benzene rings is 1. The quantitative estimate of drug-likeness (QED) is 0.788. The lowest BCUT2D eigenvalue weighted by atomic mass is 10.1. The van der Waals surface area contributed by atoms with Gasteiger partial charge in [-0.15, -0.1) is 0 Å². The van der Waals surface area contributed by atoms with Gasteiger partial charge in [-0.25, -0.2) is 8.42 Å². The highest BCUT2D eigenvalue weighted by molar-refractivity contribution is 7.95. The molecule has 1 aromatic carbocycles. The van der Waals surface area contributed by atoms with E-state index >= 15 is 0 Å². The predicted molar refractivity (Wildman–Crippen MR) is 64.7 cm³/mol. The second-order valence-electron chi connectivity index (χ2n) is 3.95. The van der Waals surface area contributed by atoms with Gasteiger partial charge < -0.3 is 0 Å². The molecule has 2 nitrogen and oxygen atoms in total. The van der Waals surface area contributed by atoms with E-state index in [1.165, 1.54) is 0 Å².